The van der Waals surface area contributed by atoms with Gasteiger partial charge < -0.3 is 0 Å². The van der Waals surface area contributed by atoms with E-state index >= 15 is 0 Å². The largest absolute Gasteiger partial charge is 0.279 e. The zero-order valence-corrected chi connectivity index (χ0v) is 19.0. The van der Waals surface area contributed by atoms with Gasteiger partial charge in [-0.3, -0.25) is 9.69 Å². The summed E-state index contributed by atoms with van der Waals surface area (Å²) >= 11 is 1.22. The average Bonchev–Trinajstić information content (AvgIpc) is 3.23. The first kappa shape index (κ1) is 22.1. The van der Waals surface area contributed by atoms with Crippen LogP contribution in [0.5, 0.6) is 0 Å². The molecule has 0 aliphatic heterocycles. The normalized spacial score (nSPS) is 11.8. The fraction of sp³-hybridized carbons (Fsp3) is 0.130. The molecule has 1 aromatic heterocycles. The molecule has 0 spiro atoms. The standard InChI is InChI=1S/C23H20FN3O3S2/c1-26(2)32(29,30)18-13-11-17(12-14-18)22(28)27(15-16-7-4-3-5-8-16)23-25-21-19(24)9-6-10-20(21)31-23/h3-14H,15H2,1-2H3. The van der Waals surface area contributed by atoms with Gasteiger partial charge in [0.15, 0.2) is 5.13 Å². The third-order valence-electron chi connectivity index (χ3n) is 4.90. The molecule has 0 saturated heterocycles. The second kappa shape index (κ2) is 8.78. The molecule has 1 amide bonds. The van der Waals surface area contributed by atoms with E-state index in [-0.39, 0.29) is 22.9 Å². The summed E-state index contributed by atoms with van der Waals surface area (Å²) in [5.41, 5.74) is 1.40. The number of rotatable bonds is 6. The van der Waals surface area contributed by atoms with Crippen molar-refractivity contribution < 1.29 is 17.6 Å². The monoisotopic (exact) mass is 469 g/mol. The minimum Gasteiger partial charge on any atom is -0.279 e. The first-order valence-corrected chi connectivity index (χ1v) is 12.0. The van der Waals surface area contributed by atoms with Crippen LogP contribution in [0.4, 0.5) is 9.52 Å². The zero-order valence-electron chi connectivity index (χ0n) is 17.4. The summed E-state index contributed by atoms with van der Waals surface area (Å²) in [6, 6.07) is 19.9. The molecule has 0 fully saturated rings. The lowest BCUT2D eigenvalue weighted by Crippen LogP contribution is -2.30. The van der Waals surface area contributed by atoms with Gasteiger partial charge in [-0.15, -0.1) is 0 Å². The minimum absolute atomic E-state index is 0.0933. The molecule has 0 aliphatic rings. The molecule has 0 bridgehead atoms. The van der Waals surface area contributed by atoms with Crippen LogP contribution in [0.25, 0.3) is 10.2 Å². The van der Waals surface area contributed by atoms with Crippen LogP contribution in [-0.2, 0) is 16.6 Å². The number of halogens is 1. The number of anilines is 1. The second-order valence-electron chi connectivity index (χ2n) is 7.27. The van der Waals surface area contributed by atoms with E-state index in [1.54, 1.807) is 12.1 Å². The van der Waals surface area contributed by atoms with Crippen LogP contribution in [0.2, 0.25) is 0 Å². The molecule has 0 N–H and O–H groups in total. The fourth-order valence-corrected chi connectivity index (χ4v) is 5.03. The summed E-state index contributed by atoms with van der Waals surface area (Å²) in [6.45, 7) is 0.235. The predicted octanol–water partition coefficient (Wildman–Crippen LogP) is 4.53. The summed E-state index contributed by atoms with van der Waals surface area (Å²) in [6.07, 6.45) is 0. The van der Waals surface area contributed by atoms with Crippen molar-refractivity contribution in [2.45, 2.75) is 11.4 Å². The lowest BCUT2D eigenvalue weighted by Gasteiger charge is -2.20. The summed E-state index contributed by atoms with van der Waals surface area (Å²) in [7, 11) is -0.713. The van der Waals surface area contributed by atoms with Crippen molar-refractivity contribution in [1.82, 2.24) is 9.29 Å². The van der Waals surface area contributed by atoms with Gasteiger partial charge in [-0.2, -0.15) is 0 Å². The number of sulfonamides is 1. The van der Waals surface area contributed by atoms with Gasteiger partial charge in [0.25, 0.3) is 5.91 Å². The number of aromatic nitrogens is 1. The Hall–Kier alpha value is -3.14. The van der Waals surface area contributed by atoms with Crippen molar-refractivity contribution in [2.24, 2.45) is 0 Å². The van der Waals surface area contributed by atoms with Crippen LogP contribution < -0.4 is 4.90 Å². The number of benzene rings is 3. The lowest BCUT2D eigenvalue weighted by molar-refractivity contribution is 0.0985. The maximum Gasteiger partial charge on any atom is 0.260 e. The van der Waals surface area contributed by atoms with Crippen LogP contribution in [0, 0.1) is 5.82 Å². The summed E-state index contributed by atoms with van der Waals surface area (Å²) < 4.78 is 40.6. The molecule has 0 radical (unpaired) electrons. The SMILES string of the molecule is CN(C)S(=O)(=O)c1ccc(C(=O)N(Cc2ccccc2)c2nc3c(F)cccc3s2)cc1. The van der Waals surface area contributed by atoms with Gasteiger partial charge >= 0.3 is 0 Å². The molecule has 0 atom stereocenters. The van der Waals surface area contributed by atoms with Crippen LogP contribution in [0.15, 0.2) is 77.7 Å². The Morgan fingerprint density at radius 2 is 1.66 bits per heavy atom. The quantitative estimate of drug-likeness (QED) is 0.416. The molecule has 6 nitrogen and oxygen atoms in total. The fourth-order valence-electron chi connectivity index (χ4n) is 3.15. The number of thiazole rings is 1. The highest BCUT2D eigenvalue weighted by molar-refractivity contribution is 7.89. The number of hydrogen-bond acceptors (Lipinski definition) is 5. The smallest absolute Gasteiger partial charge is 0.260 e. The van der Waals surface area contributed by atoms with Gasteiger partial charge in [0.1, 0.15) is 11.3 Å². The number of para-hydroxylation sites is 1. The highest BCUT2D eigenvalue weighted by Crippen LogP contribution is 2.32. The van der Waals surface area contributed by atoms with Crippen molar-refractivity contribution >= 4 is 42.6 Å². The Balaban J connectivity index is 1.74. The van der Waals surface area contributed by atoms with E-state index in [9.17, 15) is 17.6 Å². The third-order valence-corrected chi connectivity index (χ3v) is 7.77. The van der Waals surface area contributed by atoms with Crippen LogP contribution in [0.3, 0.4) is 0 Å². The van der Waals surface area contributed by atoms with E-state index in [1.807, 2.05) is 30.3 Å². The van der Waals surface area contributed by atoms with Gasteiger partial charge in [0.05, 0.1) is 16.1 Å². The van der Waals surface area contributed by atoms with Crippen molar-refractivity contribution in [1.29, 1.82) is 0 Å². The molecular formula is C23H20FN3O3S2. The molecule has 3 aromatic carbocycles. The van der Waals surface area contributed by atoms with Crippen molar-refractivity contribution in [3.63, 3.8) is 0 Å². The Bertz CT molecular complexity index is 1370. The Labute approximate surface area is 189 Å². The molecule has 9 heteroatoms. The number of nitrogens with zero attached hydrogens (tertiary/aromatic N) is 3. The number of fused-ring (bicyclic) bond motifs is 1. The first-order chi connectivity index (χ1) is 15.3. The molecule has 32 heavy (non-hydrogen) atoms. The highest BCUT2D eigenvalue weighted by atomic mass is 32.2. The van der Waals surface area contributed by atoms with Crippen LogP contribution in [-0.4, -0.2) is 37.7 Å². The molecule has 0 unspecified atom stereocenters. The van der Waals surface area contributed by atoms with E-state index in [0.717, 1.165) is 9.87 Å². The van der Waals surface area contributed by atoms with E-state index in [0.29, 0.717) is 15.4 Å². The van der Waals surface area contributed by atoms with E-state index < -0.39 is 15.8 Å². The predicted molar refractivity (Wildman–Crippen MR) is 124 cm³/mol. The van der Waals surface area contributed by atoms with Gasteiger partial charge in [-0.1, -0.05) is 47.7 Å². The highest BCUT2D eigenvalue weighted by Gasteiger charge is 2.24. The van der Waals surface area contributed by atoms with E-state index in [1.165, 1.54) is 60.7 Å². The molecule has 4 aromatic rings. The first-order valence-electron chi connectivity index (χ1n) is 9.71. The molecule has 164 valence electrons. The zero-order chi connectivity index (χ0) is 22.9. The molecule has 0 saturated carbocycles. The Morgan fingerprint density at radius 1 is 0.969 bits per heavy atom. The number of carbonyl (C=O) groups is 1. The topological polar surface area (TPSA) is 70.6 Å². The maximum absolute atomic E-state index is 14.2. The minimum atomic E-state index is -3.61. The molecule has 1 heterocycles. The van der Waals surface area contributed by atoms with Gasteiger partial charge in [-0.25, -0.2) is 22.1 Å². The second-order valence-corrected chi connectivity index (χ2v) is 10.4. The van der Waals surface area contributed by atoms with Gasteiger partial charge in [0, 0.05) is 19.7 Å². The van der Waals surface area contributed by atoms with Crippen LogP contribution >= 0.6 is 11.3 Å². The van der Waals surface area contributed by atoms with Crippen molar-refractivity contribution in [3.8, 4) is 0 Å². The summed E-state index contributed by atoms with van der Waals surface area (Å²) in [4.78, 5) is 19.4. The number of carbonyl (C=O) groups excluding carboxylic acids is 1. The van der Waals surface area contributed by atoms with Gasteiger partial charge in [-0.05, 0) is 42.0 Å². The Morgan fingerprint density at radius 3 is 2.28 bits per heavy atom. The van der Waals surface area contributed by atoms with E-state index in [4.69, 9.17) is 0 Å². The molecule has 0 aliphatic carbocycles. The number of amides is 1. The average molecular weight is 470 g/mol. The number of hydrogen-bond donors (Lipinski definition) is 0. The van der Waals surface area contributed by atoms with Gasteiger partial charge in [0.2, 0.25) is 10.0 Å². The van der Waals surface area contributed by atoms with Crippen molar-refractivity contribution in [3.05, 3.63) is 89.7 Å². The van der Waals surface area contributed by atoms with Crippen molar-refractivity contribution in [2.75, 3.05) is 19.0 Å². The molecular weight excluding hydrogens is 449 g/mol. The summed E-state index contributed by atoms with van der Waals surface area (Å²) in [5.74, 6) is -0.808. The van der Waals surface area contributed by atoms with Crippen LogP contribution in [0.1, 0.15) is 15.9 Å². The Kier molecular flexibility index (Phi) is 6.05. The van der Waals surface area contributed by atoms with E-state index in [2.05, 4.69) is 4.98 Å². The lowest BCUT2D eigenvalue weighted by atomic mass is 10.1. The maximum atomic E-state index is 14.2. The summed E-state index contributed by atoms with van der Waals surface area (Å²) in [5, 5.41) is 0.365. The third kappa shape index (κ3) is 4.27. The molecule has 4 rings (SSSR count).